The Balaban J connectivity index is 0. The van der Waals surface area contributed by atoms with Crippen LogP contribution in [0, 0.1) is 0 Å². The largest absolute Gasteiger partial charge is 0.266 e. The van der Waals surface area contributed by atoms with Crippen molar-refractivity contribution in [3.8, 4) is 0 Å². The zero-order valence-electron chi connectivity index (χ0n) is 5.43. The van der Waals surface area contributed by atoms with E-state index in [9.17, 15) is 0 Å². The number of hydrogen-bond acceptors (Lipinski definition) is 0. The fraction of sp³-hybridized carbons (Fsp3) is 1.00. The average Bonchev–Trinajstić information content (AvgIpc) is 1.61. The zero-order chi connectivity index (χ0) is 7.91. The molecule has 0 aliphatic carbocycles. The topological polar surface area (TPSA) is 0 Å². The second-order valence-electron chi connectivity index (χ2n) is 1.43. The van der Waals surface area contributed by atoms with Crippen LogP contribution in [-0.4, -0.2) is 3.25 Å². The second kappa shape index (κ2) is 7.27. The van der Waals surface area contributed by atoms with E-state index in [1.807, 2.05) is 0 Å². The van der Waals surface area contributed by atoms with Crippen LogP contribution in [0.3, 0.4) is 0 Å². The first kappa shape index (κ1) is 12.8. The monoisotopic (exact) mass is 210 g/mol. The van der Waals surface area contributed by atoms with Crippen molar-refractivity contribution in [2.75, 3.05) is 0 Å². The Labute approximate surface area is 76.4 Å². The Hall–Kier alpha value is 1.16. The smallest absolute Gasteiger partial charge is 0.0664 e. The third kappa shape index (κ3) is 101. The third-order valence-corrected chi connectivity index (χ3v) is 0.500. The molecule has 58 valence electrons. The van der Waals surface area contributed by atoms with Crippen molar-refractivity contribution in [2.24, 2.45) is 0 Å². The van der Waals surface area contributed by atoms with E-state index in [1.165, 1.54) is 12.8 Å². The summed E-state index contributed by atoms with van der Waals surface area (Å²) < 4.78 is -1.61. The molecule has 4 heteroatoms. The Bertz CT molecular complexity index is 39.4. The van der Waals surface area contributed by atoms with Crippen molar-refractivity contribution in [1.29, 1.82) is 0 Å². The van der Waals surface area contributed by atoms with Crippen LogP contribution >= 0.6 is 46.4 Å². The first-order chi connectivity index (χ1) is 3.91. The molecule has 0 nitrogen and oxygen atoms in total. The third-order valence-electron chi connectivity index (χ3n) is 0.500. The van der Waals surface area contributed by atoms with Gasteiger partial charge in [-0.05, 0) is 0 Å². The maximum absolute atomic E-state index is 4.83. The van der Waals surface area contributed by atoms with E-state index in [4.69, 9.17) is 46.4 Å². The summed E-state index contributed by atoms with van der Waals surface area (Å²) >= 11 is 19.3. The summed E-state index contributed by atoms with van der Waals surface area (Å²) in [7, 11) is 0. The van der Waals surface area contributed by atoms with Gasteiger partial charge in [-0.15, -0.1) is 0 Å². The number of halogens is 4. The fourth-order valence-corrected chi connectivity index (χ4v) is 0. The molecule has 0 aliphatic rings. The van der Waals surface area contributed by atoms with E-state index in [-0.39, 0.29) is 0 Å². The lowest BCUT2D eigenvalue weighted by atomic mass is 10.4. The minimum atomic E-state index is -1.61. The summed E-state index contributed by atoms with van der Waals surface area (Å²) in [5.74, 6) is 0. The van der Waals surface area contributed by atoms with Gasteiger partial charge in [-0.2, -0.15) is 0 Å². The molecule has 0 aromatic rings. The van der Waals surface area contributed by atoms with E-state index >= 15 is 0 Å². The highest BCUT2D eigenvalue weighted by atomic mass is 35.6. The van der Waals surface area contributed by atoms with Gasteiger partial charge in [0.05, 0.1) is 0 Å². The highest BCUT2D eigenvalue weighted by Crippen LogP contribution is 2.29. The molecule has 0 unspecified atom stereocenters. The van der Waals surface area contributed by atoms with Crippen LogP contribution in [-0.2, 0) is 0 Å². The molecule has 9 heavy (non-hydrogen) atoms. The Morgan fingerprint density at radius 1 is 0.889 bits per heavy atom. The normalized spacial score (nSPS) is 10.0. The first-order valence-electron chi connectivity index (χ1n) is 2.67. The minimum absolute atomic E-state index is 1.32. The molecule has 0 aromatic carbocycles. The Morgan fingerprint density at radius 3 is 1.00 bits per heavy atom. The van der Waals surface area contributed by atoms with E-state index in [0.717, 1.165) is 0 Å². The molecule has 0 radical (unpaired) electrons. The summed E-state index contributed by atoms with van der Waals surface area (Å²) in [6.07, 6.45) is 2.64. The molecule has 0 rings (SSSR count). The maximum Gasteiger partial charge on any atom is 0.266 e. The lowest BCUT2D eigenvalue weighted by Gasteiger charge is -1.91. The quantitative estimate of drug-likeness (QED) is 0.566. The van der Waals surface area contributed by atoms with Crippen molar-refractivity contribution < 1.29 is 0 Å². The van der Waals surface area contributed by atoms with Crippen molar-refractivity contribution in [2.45, 2.75) is 29.9 Å². The molecule has 0 fully saturated rings. The van der Waals surface area contributed by atoms with Crippen LogP contribution in [0.25, 0.3) is 0 Å². The summed E-state index contributed by atoms with van der Waals surface area (Å²) in [5, 5.41) is 0. The van der Waals surface area contributed by atoms with E-state index in [2.05, 4.69) is 13.8 Å². The van der Waals surface area contributed by atoms with Gasteiger partial charge in [0, 0.05) is 0 Å². The summed E-state index contributed by atoms with van der Waals surface area (Å²) in [4.78, 5) is 0. The summed E-state index contributed by atoms with van der Waals surface area (Å²) in [5.41, 5.74) is 0. The molecule has 0 spiro atoms. The average molecular weight is 212 g/mol. The molecule has 0 saturated heterocycles. The molecule has 0 N–H and O–H groups in total. The van der Waals surface area contributed by atoms with E-state index in [0.29, 0.717) is 0 Å². The highest BCUT2D eigenvalue weighted by Gasteiger charge is 2.11. The molecule has 0 aromatic heterocycles. The predicted molar refractivity (Wildman–Crippen MR) is 46.7 cm³/mol. The predicted octanol–water partition coefficient (Wildman–Crippen LogP) is 4.36. The minimum Gasteiger partial charge on any atom is -0.0664 e. The lowest BCUT2D eigenvalue weighted by molar-refractivity contribution is 0.886. The molecule has 0 aliphatic heterocycles. The van der Waals surface area contributed by atoms with Gasteiger partial charge in [-0.1, -0.05) is 73.1 Å². The molecule has 0 amide bonds. The molecule has 0 heterocycles. The van der Waals surface area contributed by atoms with Gasteiger partial charge in [-0.25, -0.2) is 0 Å². The maximum atomic E-state index is 4.83. The fourth-order valence-electron chi connectivity index (χ4n) is 0. The summed E-state index contributed by atoms with van der Waals surface area (Å²) in [6, 6.07) is 0. The Kier molecular flexibility index (Phi) is 10.3. The van der Waals surface area contributed by atoms with Gasteiger partial charge in [-0.3, -0.25) is 0 Å². The second-order valence-corrected chi connectivity index (χ2v) is 4.86. The van der Waals surface area contributed by atoms with Gasteiger partial charge >= 0.3 is 0 Å². The van der Waals surface area contributed by atoms with Crippen LogP contribution in [0.15, 0.2) is 0 Å². The van der Waals surface area contributed by atoms with E-state index < -0.39 is 3.25 Å². The molecule has 0 atom stereocenters. The lowest BCUT2D eigenvalue weighted by Crippen LogP contribution is -1.81. The summed E-state index contributed by atoms with van der Waals surface area (Å²) in [6.45, 7) is 4.36. The molecular formula is C5H10Cl4. The van der Waals surface area contributed by atoms with Crippen molar-refractivity contribution in [1.82, 2.24) is 0 Å². The van der Waals surface area contributed by atoms with Crippen LogP contribution in [0.5, 0.6) is 0 Å². The molecule has 0 bridgehead atoms. The standard InChI is InChI=1S/C4H10.CCl4/c1-3-4-2;2-1(3,4)5/h3-4H2,1-2H3;. The van der Waals surface area contributed by atoms with Crippen LogP contribution < -0.4 is 0 Å². The van der Waals surface area contributed by atoms with Gasteiger partial charge < -0.3 is 0 Å². The van der Waals surface area contributed by atoms with Crippen molar-refractivity contribution >= 4 is 46.4 Å². The highest BCUT2D eigenvalue weighted by molar-refractivity contribution is 6.83. The molecular weight excluding hydrogens is 202 g/mol. The number of hydrogen-bond donors (Lipinski definition) is 0. The number of unbranched alkanes of at least 4 members (excludes halogenated alkanes) is 1. The zero-order valence-corrected chi connectivity index (χ0v) is 8.45. The SMILES string of the molecule is CCCC.ClC(Cl)(Cl)Cl. The van der Waals surface area contributed by atoms with Gasteiger partial charge in [0.2, 0.25) is 0 Å². The van der Waals surface area contributed by atoms with Crippen LogP contribution in [0.2, 0.25) is 0 Å². The van der Waals surface area contributed by atoms with E-state index in [1.54, 1.807) is 0 Å². The van der Waals surface area contributed by atoms with Gasteiger partial charge in [0.25, 0.3) is 3.25 Å². The number of alkyl halides is 4. The van der Waals surface area contributed by atoms with Gasteiger partial charge in [0.15, 0.2) is 0 Å². The number of rotatable bonds is 1. The molecule has 0 saturated carbocycles. The van der Waals surface area contributed by atoms with Gasteiger partial charge in [0.1, 0.15) is 0 Å². The Morgan fingerprint density at radius 2 is 1.00 bits per heavy atom. The first-order valence-corrected chi connectivity index (χ1v) is 4.18. The van der Waals surface area contributed by atoms with Crippen molar-refractivity contribution in [3.63, 3.8) is 0 Å². The van der Waals surface area contributed by atoms with Crippen LogP contribution in [0.4, 0.5) is 0 Å². The van der Waals surface area contributed by atoms with Crippen molar-refractivity contribution in [3.05, 3.63) is 0 Å². The van der Waals surface area contributed by atoms with Crippen LogP contribution in [0.1, 0.15) is 26.7 Å².